The van der Waals surface area contributed by atoms with Gasteiger partial charge in [0, 0.05) is 18.4 Å². The van der Waals surface area contributed by atoms with E-state index in [1.54, 1.807) is 32.2 Å². The van der Waals surface area contributed by atoms with Gasteiger partial charge in [0.15, 0.2) is 0 Å². The number of rotatable bonds is 4. The van der Waals surface area contributed by atoms with Gasteiger partial charge in [0.05, 0.1) is 17.7 Å². The number of pyridine rings is 1. The summed E-state index contributed by atoms with van der Waals surface area (Å²) >= 11 is 0. The summed E-state index contributed by atoms with van der Waals surface area (Å²) in [5.74, 6) is 0.431. The maximum Gasteiger partial charge on any atom is 0.255 e. The van der Waals surface area contributed by atoms with Gasteiger partial charge in [0.25, 0.3) is 5.91 Å². The summed E-state index contributed by atoms with van der Waals surface area (Å²) in [6.07, 6.45) is 2.64. The maximum absolute atomic E-state index is 12.6. The van der Waals surface area contributed by atoms with Gasteiger partial charge in [-0.25, -0.2) is 4.98 Å². The maximum atomic E-state index is 12.6. The van der Waals surface area contributed by atoms with Gasteiger partial charge >= 0.3 is 0 Å². The van der Waals surface area contributed by atoms with E-state index in [0.29, 0.717) is 11.4 Å². The Kier molecular flexibility index (Phi) is 4.05. The third-order valence-electron chi connectivity index (χ3n) is 4.02. The largest absolute Gasteiger partial charge is 0.394 e. The van der Waals surface area contributed by atoms with Crippen LogP contribution in [-0.2, 0) is 6.42 Å². The van der Waals surface area contributed by atoms with Crippen molar-refractivity contribution >= 4 is 17.4 Å². The number of hydrogen-bond acceptors (Lipinski definition) is 4. The van der Waals surface area contributed by atoms with Crippen molar-refractivity contribution < 1.29 is 9.90 Å². The van der Waals surface area contributed by atoms with E-state index in [0.717, 1.165) is 18.7 Å². The van der Waals surface area contributed by atoms with Gasteiger partial charge in [0.2, 0.25) is 0 Å². The van der Waals surface area contributed by atoms with Crippen LogP contribution in [-0.4, -0.2) is 34.7 Å². The molecule has 0 unspecified atom stereocenters. The van der Waals surface area contributed by atoms with E-state index in [-0.39, 0.29) is 12.5 Å². The highest BCUT2D eigenvalue weighted by atomic mass is 16.3. The first kappa shape index (κ1) is 15.5. The van der Waals surface area contributed by atoms with E-state index in [1.807, 2.05) is 12.1 Å². The summed E-state index contributed by atoms with van der Waals surface area (Å²) in [6, 6.07) is 11.7. The lowest BCUT2D eigenvalue weighted by molar-refractivity contribution is 0.0869. The molecule has 3 rings (SSSR count). The summed E-state index contributed by atoms with van der Waals surface area (Å²) in [5, 5.41) is 12.2. The van der Waals surface area contributed by atoms with Gasteiger partial charge in [-0.1, -0.05) is 18.2 Å². The predicted molar refractivity (Wildman–Crippen MR) is 90.0 cm³/mol. The summed E-state index contributed by atoms with van der Waals surface area (Å²) in [4.78, 5) is 19.1. The molecular formula is C18H21N3O2. The molecule has 0 aliphatic carbocycles. The molecule has 2 heterocycles. The lowest BCUT2D eigenvalue weighted by atomic mass is 10.1. The minimum Gasteiger partial charge on any atom is -0.394 e. The topological polar surface area (TPSA) is 65.5 Å². The van der Waals surface area contributed by atoms with Crippen molar-refractivity contribution in [2.24, 2.45) is 0 Å². The van der Waals surface area contributed by atoms with Crippen molar-refractivity contribution in [2.75, 3.05) is 18.1 Å². The molecule has 0 atom stereocenters. The highest BCUT2D eigenvalue weighted by molar-refractivity contribution is 6.00. The summed E-state index contributed by atoms with van der Waals surface area (Å²) < 4.78 is 0. The minimum atomic E-state index is -0.674. The standard InChI is InChI=1S/C18H21N3O2/c1-18(2,12-22)20-17(23)14-7-5-10-19-16(14)21-11-9-13-6-3-4-8-15(13)21/h3-8,10,22H,9,11-12H2,1-2H3,(H,20,23). The third-order valence-corrected chi connectivity index (χ3v) is 4.02. The smallest absolute Gasteiger partial charge is 0.255 e. The number of aliphatic hydroxyl groups is 1. The zero-order valence-electron chi connectivity index (χ0n) is 13.4. The number of aliphatic hydroxyl groups excluding tert-OH is 1. The molecular weight excluding hydrogens is 290 g/mol. The van der Waals surface area contributed by atoms with Gasteiger partial charge in [-0.3, -0.25) is 4.79 Å². The van der Waals surface area contributed by atoms with E-state index in [2.05, 4.69) is 27.3 Å². The highest BCUT2D eigenvalue weighted by Crippen LogP contribution is 2.34. The van der Waals surface area contributed by atoms with Crippen LogP contribution in [0.3, 0.4) is 0 Å². The summed E-state index contributed by atoms with van der Waals surface area (Å²) in [5.41, 5.74) is 2.21. The van der Waals surface area contributed by atoms with Crippen molar-refractivity contribution in [1.82, 2.24) is 10.3 Å². The lowest BCUT2D eigenvalue weighted by Gasteiger charge is -2.26. The van der Waals surface area contributed by atoms with Crippen LogP contribution in [0.25, 0.3) is 0 Å². The van der Waals surface area contributed by atoms with E-state index < -0.39 is 5.54 Å². The molecule has 1 amide bonds. The Morgan fingerprint density at radius 2 is 2.09 bits per heavy atom. The Morgan fingerprint density at radius 1 is 1.30 bits per heavy atom. The molecule has 2 aromatic rings. The van der Waals surface area contributed by atoms with Gasteiger partial charge in [-0.05, 0) is 44.0 Å². The highest BCUT2D eigenvalue weighted by Gasteiger charge is 2.27. The molecule has 2 N–H and O–H groups in total. The minimum absolute atomic E-state index is 0.124. The van der Waals surface area contributed by atoms with E-state index in [4.69, 9.17) is 0 Å². The number of hydrogen-bond donors (Lipinski definition) is 2. The molecule has 1 aromatic carbocycles. The molecule has 0 fully saturated rings. The van der Waals surface area contributed by atoms with Gasteiger partial charge < -0.3 is 15.3 Å². The zero-order valence-corrected chi connectivity index (χ0v) is 13.4. The van der Waals surface area contributed by atoms with Crippen molar-refractivity contribution in [3.63, 3.8) is 0 Å². The van der Waals surface area contributed by atoms with Crippen LogP contribution in [0.15, 0.2) is 42.6 Å². The first-order valence-corrected chi connectivity index (χ1v) is 7.76. The first-order chi connectivity index (χ1) is 11.0. The molecule has 0 radical (unpaired) electrons. The molecule has 5 heteroatoms. The molecule has 23 heavy (non-hydrogen) atoms. The molecule has 0 spiro atoms. The second-order valence-electron chi connectivity index (χ2n) is 6.40. The average Bonchev–Trinajstić information content (AvgIpc) is 2.98. The van der Waals surface area contributed by atoms with Crippen LogP contribution in [0.2, 0.25) is 0 Å². The summed E-state index contributed by atoms with van der Waals surface area (Å²) in [7, 11) is 0. The molecule has 0 saturated heterocycles. The average molecular weight is 311 g/mol. The van der Waals surface area contributed by atoms with Crippen molar-refractivity contribution in [3.8, 4) is 0 Å². The van der Waals surface area contributed by atoms with Crippen LogP contribution in [0.1, 0.15) is 29.8 Å². The molecule has 1 aliphatic rings. The van der Waals surface area contributed by atoms with Crippen LogP contribution >= 0.6 is 0 Å². The van der Waals surface area contributed by atoms with Gasteiger partial charge in [-0.2, -0.15) is 0 Å². The van der Waals surface area contributed by atoms with Crippen molar-refractivity contribution in [3.05, 3.63) is 53.7 Å². The molecule has 120 valence electrons. The zero-order chi connectivity index (χ0) is 16.4. The van der Waals surface area contributed by atoms with Crippen molar-refractivity contribution in [2.45, 2.75) is 25.8 Å². The Bertz CT molecular complexity index is 728. The number of para-hydroxylation sites is 1. The number of benzene rings is 1. The number of fused-ring (bicyclic) bond motifs is 1. The Hall–Kier alpha value is -2.40. The fourth-order valence-corrected chi connectivity index (χ4v) is 2.76. The number of nitrogens with one attached hydrogen (secondary N) is 1. The SMILES string of the molecule is CC(C)(CO)NC(=O)c1cccnc1N1CCc2ccccc21. The lowest BCUT2D eigenvalue weighted by Crippen LogP contribution is -2.46. The molecule has 1 aliphatic heterocycles. The molecule has 5 nitrogen and oxygen atoms in total. The Balaban J connectivity index is 1.95. The van der Waals surface area contributed by atoms with Crippen molar-refractivity contribution in [1.29, 1.82) is 0 Å². The number of anilines is 2. The van der Waals surface area contributed by atoms with Crippen LogP contribution in [0.4, 0.5) is 11.5 Å². The second kappa shape index (κ2) is 6.01. The number of carbonyl (C=O) groups is 1. The Labute approximate surface area is 136 Å². The number of aromatic nitrogens is 1. The number of nitrogens with zero attached hydrogens (tertiary/aromatic N) is 2. The molecule has 0 bridgehead atoms. The van der Waals surface area contributed by atoms with E-state index in [1.165, 1.54) is 5.56 Å². The van der Waals surface area contributed by atoms with E-state index >= 15 is 0 Å². The quantitative estimate of drug-likeness (QED) is 0.909. The van der Waals surface area contributed by atoms with Gasteiger partial charge in [-0.15, -0.1) is 0 Å². The second-order valence-corrected chi connectivity index (χ2v) is 6.40. The monoisotopic (exact) mass is 311 g/mol. The fourth-order valence-electron chi connectivity index (χ4n) is 2.76. The predicted octanol–water partition coefficient (Wildman–Crippen LogP) is 2.28. The number of amides is 1. The van der Waals surface area contributed by atoms with Crippen LogP contribution in [0, 0.1) is 0 Å². The third kappa shape index (κ3) is 3.05. The van der Waals surface area contributed by atoms with E-state index in [9.17, 15) is 9.90 Å². The normalized spacial score (nSPS) is 13.8. The van der Waals surface area contributed by atoms with Crippen LogP contribution < -0.4 is 10.2 Å². The molecule has 0 saturated carbocycles. The first-order valence-electron chi connectivity index (χ1n) is 7.76. The number of carbonyl (C=O) groups excluding carboxylic acids is 1. The van der Waals surface area contributed by atoms with Gasteiger partial charge in [0.1, 0.15) is 5.82 Å². The fraction of sp³-hybridized carbons (Fsp3) is 0.333. The Morgan fingerprint density at radius 3 is 2.87 bits per heavy atom. The van der Waals surface area contributed by atoms with Crippen LogP contribution in [0.5, 0.6) is 0 Å². The summed E-state index contributed by atoms with van der Waals surface area (Å²) in [6.45, 7) is 4.25. The molecule has 1 aromatic heterocycles.